The predicted octanol–water partition coefficient (Wildman–Crippen LogP) is 6.20. The molecule has 0 unspecified atom stereocenters. The number of carbonyl (C=O) groups excluding carboxylic acids is 2. The van der Waals surface area contributed by atoms with Crippen LogP contribution in [0.1, 0.15) is 36.9 Å². The summed E-state index contributed by atoms with van der Waals surface area (Å²) in [7, 11) is 0. The molecule has 0 aliphatic heterocycles. The Labute approximate surface area is 175 Å². The zero-order chi connectivity index (χ0) is 19.7. The van der Waals surface area contributed by atoms with Crippen LogP contribution in [-0.2, 0) is 0 Å². The number of benzene rings is 1. The molecule has 4 rings (SSSR count). The number of thiophene rings is 1. The van der Waals surface area contributed by atoms with Crippen LogP contribution in [0.5, 0.6) is 0 Å². The van der Waals surface area contributed by atoms with Crippen LogP contribution in [0.25, 0.3) is 11.6 Å². The van der Waals surface area contributed by atoms with Gasteiger partial charge >= 0.3 is 0 Å². The molecule has 0 spiro atoms. The van der Waals surface area contributed by atoms with E-state index in [1.54, 1.807) is 35.6 Å². The minimum Gasteiger partial charge on any atom is -0.313 e. The second-order valence-electron chi connectivity index (χ2n) is 6.37. The quantitative estimate of drug-likeness (QED) is 0.268. The molecule has 0 fully saturated rings. The lowest BCUT2D eigenvalue weighted by Gasteiger charge is -2.13. The zero-order valence-electron chi connectivity index (χ0n) is 15.1. The minimum absolute atomic E-state index is 0.0971. The topological polar surface area (TPSA) is 38.5 Å². The normalized spacial score (nSPS) is 11.4. The first-order chi connectivity index (χ1) is 13.5. The molecule has 0 aliphatic carbocycles. The molecule has 138 valence electrons. The SMILES string of the molecule is Cc1c(C(=O)/C=C/c2ccc(Br)s2)cc2cccn2c1C(=O)c1ccccc1. The number of nitrogens with zero attached hydrogens (tertiary/aromatic N) is 1. The van der Waals surface area contributed by atoms with E-state index in [1.807, 2.05) is 66.1 Å². The van der Waals surface area contributed by atoms with Gasteiger partial charge in [-0.15, -0.1) is 11.3 Å². The summed E-state index contributed by atoms with van der Waals surface area (Å²) >= 11 is 4.98. The molecular formula is C23H16BrNO2S. The monoisotopic (exact) mass is 449 g/mol. The van der Waals surface area contributed by atoms with Gasteiger partial charge in [0.05, 0.1) is 9.48 Å². The number of rotatable bonds is 5. The minimum atomic E-state index is -0.118. The molecular weight excluding hydrogens is 434 g/mol. The summed E-state index contributed by atoms with van der Waals surface area (Å²) in [6.45, 7) is 1.83. The molecule has 0 atom stereocenters. The summed E-state index contributed by atoms with van der Waals surface area (Å²) < 4.78 is 2.86. The van der Waals surface area contributed by atoms with Crippen molar-refractivity contribution in [1.82, 2.24) is 4.40 Å². The predicted molar refractivity (Wildman–Crippen MR) is 117 cm³/mol. The standard InChI is InChI=1S/C23H16BrNO2S/c1-15-19(20(26)11-9-18-10-12-21(24)28-18)14-17-8-5-13-25(17)22(15)23(27)16-6-3-2-4-7-16/h2-14H,1H3/b11-9+. The third kappa shape index (κ3) is 3.51. The van der Waals surface area contributed by atoms with Crippen LogP contribution in [0.4, 0.5) is 0 Å². The highest BCUT2D eigenvalue weighted by atomic mass is 79.9. The van der Waals surface area contributed by atoms with Gasteiger partial charge in [-0.1, -0.05) is 30.3 Å². The molecule has 0 aliphatic rings. The van der Waals surface area contributed by atoms with Gasteiger partial charge in [0, 0.05) is 27.7 Å². The molecule has 4 aromatic rings. The average Bonchev–Trinajstić information content (AvgIpc) is 3.34. The summed E-state index contributed by atoms with van der Waals surface area (Å²) in [5.41, 5.74) is 3.16. The van der Waals surface area contributed by atoms with Crippen molar-refractivity contribution < 1.29 is 9.59 Å². The van der Waals surface area contributed by atoms with E-state index in [4.69, 9.17) is 0 Å². The fourth-order valence-corrected chi connectivity index (χ4v) is 4.53. The molecule has 0 amide bonds. The van der Waals surface area contributed by atoms with Crippen molar-refractivity contribution in [3.8, 4) is 0 Å². The van der Waals surface area contributed by atoms with Crippen molar-refractivity contribution in [3.63, 3.8) is 0 Å². The highest BCUT2D eigenvalue weighted by Gasteiger charge is 2.20. The molecule has 1 aromatic carbocycles. The van der Waals surface area contributed by atoms with Crippen LogP contribution < -0.4 is 0 Å². The van der Waals surface area contributed by atoms with Gasteiger partial charge in [0.25, 0.3) is 0 Å². The van der Waals surface area contributed by atoms with Crippen molar-refractivity contribution in [1.29, 1.82) is 0 Å². The van der Waals surface area contributed by atoms with E-state index in [0.29, 0.717) is 22.4 Å². The first-order valence-corrected chi connectivity index (χ1v) is 10.3. The highest BCUT2D eigenvalue weighted by molar-refractivity contribution is 9.11. The van der Waals surface area contributed by atoms with E-state index in [1.165, 1.54) is 0 Å². The lowest BCUT2D eigenvalue weighted by Crippen LogP contribution is -2.13. The summed E-state index contributed by atoms with van der Waals surface area (Å²) in [5, 5.41) is 0. The maximum absolute atomic E-state index is 13.2. The molecule has 0 bridgehead atoms. The van der Waals surface area contributed by atoms with Crippen LogP contribution in [0.3, 0.4) is 0 Å². The van der Waals surface area contributed by atoms with E-state index in [-0.39, 0.29) is 11.6 Å². The van der Waals surface area contributed by atoms with Gasteiger partial charge in [-0.2, -0.15) is 0 Å². The highest BCUT2D eigenvalue weighted by Crippen LogP contribution is 2.25. The lowest BCUT2D eigenvalue weighted by atomic mass is 9.97. The fourth-order valence-electron chi connectivity index (χ4n) is 3.21. The van der Waals surface area contributed by atoms with E-state index < -0.39 is 0 Å². The van der Waals surface area contributed by atoms with Crippen molar-refractivity contribution in [2.45, 2.75) is 6.92 Å². The Kier molecular flexibility index (Phi) is 5.11. The number of pyridine rings is 1. The Hall–Kier alpha value is -2.76. The first kappa shape index (κ1) is 18.6. The van der Waals surface area contributed by atoms with E-state index in [2.05, 4.69) is 15.9 Å². The van der Waals surface area contributed by atoms with Crippen molar-refractivity contribution in [2.24, 2.45) is 0 Å². The molecule has 0 radical (unpaired) electrons. The molecule has 28 heavy (non-hydrogen) atoms. The molecule has 0 N–H and O–H groups in total. The Bertz CT molecular complexity index is 1220. The van der Waals surface area contributed by atoms with E-state index in [9.17, 15) is 9.59 Å². The van der Waals surface area contributed by atoms with Gasteiger partial charge in [0.1, 0.15) is 0 Å². The molecule has 0 saturated heterocycles. The molecule has 3 nitrogen and oxygen atoms in total. The lowest BCUT2D eigenvalue weighted by molar-refractivity contribution is 0.103. The third-order valence-electron chi connectivity index (χ3n) is 4.58. The Morgan fingerprint density at radius 1 is 1.04 bits per heavy atom. The number of carbonyl (C=O) groups is 2. The number of allylic oxidation sites excluding steroid dienone is 1. The summed E-state index contributed by atoms with van der Waals surface area (Å²) in [4.78, 5) is 27.1. The second-order valence-corrected chi connectivity index (χ2v) is 8.86. The first-order valence-electron chi connectivity index (χ1n) is 8.73. The van der Waals surface area contributed by atoms with Gasteiger partial charge < -0.3 is 4.40 Å². The van der Waals surface area contributed by atoms with E-state index >= 15 is 0 Å². The number of ketones is 2. The Morgan fingerprint density at radius 3 is 2.54 bits per heavy atom. The summed E-state index contributed by atoms with van der Waals surface area (Å²) in [6, 6.07) is 18.7. The number of hydrogen-bond acceptors (Lipinski definition) is 3. The summed E-state index contributed by atoms with van der Waals surface area (Å²) in [6.07, 6.45) is 5.22. The van der Waals surface area contributed by atoms with Crippen molar-refractivity contribution >= 4 is 50.4 Å². The molecule has 3 heterocycles. The van der Waals surface area contributed by atoms with Gasteiger partial charge in [-0.05, 0) is 70.9 Å². The van der Waals surface area contributed by atoms with Crippen molar-refractivity contribution in [2.75, 3.05) is 0 Å². The van der Waals surface area contributed by atoms with Crippen molar-refractivity contribution in [3.05, 3.63) is 104 Å². The number of fused-ring (bicyclic) bond motifs is 1. The van der Waals surface area contributed by atoms with Crippen LogP contribution in [-0.4, -0.2) is 16.0 Å². The molecule has 3 aromatic heterocycles. The average molecular weight is 450 g/mol. The number of aromatic nitrogens is 1. The van der Waals surface area contributed by atoms with Gasteiger partial charge in [0.15, 0.2) is 5.78 Å². The van der Waals surface area contributed by atoms with Crippen LogP contribution in [0, 0.1) is 6.92 Å². The third-order valence-corrected chi connectivity index (χ3v) is 6.17. The number of hydrogen-bond donors (Lipinski definition) is 0. The second kappa shape index (κ2) is 7.70. The molecule has 5 heteroatoms. The van der Waals surface area contributed by atoms with Gasteiger partial charge in [-0.3, -0.25) is 9.59 Å². The zero-order valence-corrected chi connectivity index (χ0v) is 17.5. The smallest absolute Gasteiger partial charge is 0.210 e. The Morgan fingerprint density at radius 2 is 1.82 bits per heavy atom. The maximum Gasteiger partial charge on any atom is 0.210 e. The van der Waals surface area contributed by atoms with Crippen LogP contribution in [0.15, 0.2) is 76.7 Å². The van der Waals surface area contributed by atoms with Gasteiger partial charge in [-0.25, -0.2) is 0 Å². The van der Waals surface area contributed by atoms with E-state index in [0.717, 1.165) is 14.2 Å². The maximum atomic E-state index is 13.2. The Balaban J connectivity index is 1.80. The van der Waals surface area contributed by atoms with Crippen LogP contribution >= 0.6 is 27.3 Å². The number of halogens is 1. The fraction of sp³-hybridized carbons (Fsp3) is 0.0435. The molecule has 0 saturated carbocycles. The van der Waals surface area contributed by atoms with Gasteiger partial charge in [0.2, 0.25) is 5.78 Å². The summed E-state index contributed by atoms with van der Waals surface area (Å²) in [5.74, 6) is -0.215. The van der Waals surface area contributed by atoms with Crippen LogP contribution in [0.2, 0.25) is 0 Å². The largest absolute Gasteiger partial charge is 0.313 e.